The van der Waals surface area contributed by atoms with Crippen molar-refractivity contribution in [3.05, 3.63) is 64.1 Å². The zero-order chi connectivity index (χ0) is 16.7. The van der Waals surface area contributed by atoms with Crippen molar-refractivity contribution in [2.75, 3.05) is 0 Å². The molecule has 0 bridgehead atoms. The minimum atomic E-state index is 0.217. The Morgan fingerprint density at radius 2 is 1.57 bits per heavy atom. The fourth-order valence-electron chi connectivity index (χ4n) is 1.95. The minimum Gasteiger partial charge on any atom is -0.368 e. The summed E-state index contributed by atoms with van der Waals surface area (Å²) in [5.41, 5.74) is 11.3. The molecule has 0 saturated heterocycles. The van der Waals surface area contributed by atoms with Crippen molar-refractivity contribution in [1.29, 1.82) is 0 Å². The molecule has 0 radical (unpaired) electrons. The van der Waals surface area contributed by atoms with E-state index in [-0.39, 0.29) is 5.96 Å². The molecule has 0 aromatic heterocycles. The first-order chi connectivity index (χ1) is 11.1. The van der Waals surface area contributed by atoms with Crippen LogP contribution in [-0.4, -0.2) is 11.7 Å². The van der Waals surface area contributed by atoms with E-state index < -0.39 is 0 Å². The van der Waals surface area contributed by atoms with Gasteiger partial charge in [-0.05, 0) is 48.4 Å². The smallest absolute Gasteiger partial charge is 0.214 e. The summed E-state index contributed by atoms with van der Waals surface area (Å²) < 4.78 is 0. The highest BCUT2D eigenvalue weighted by Gasteiger charge is 2.03. The molecule has 6 heteroatoms. The van der Waals surface area contributed by atoms with Crippen LogP contribution in [0.5, 0.6) is 0 Å². The van der Waals surface area contributed by atoms with Crippen LogP contribution in [0.4, 0.5) is 5.69 Å². The van der Waals surface area contributed by atoms with Crippen molar-refractivity contribution in [2.45, 2.75) is 19.8 Å². The Bertz CT molecular complexity index is 692. The molecule has 0 saturated carbocycles. The second-order valence-electron chi connectivity index (χ2n) is 4.90. The second kappa shape index (κ2) is 8.56. The van der Waals surface area contributed by atoms with Crippen molar-refractivity contribution in [3.8, 4) is 0 Å². The van der Waals surface area contributed by atoms with Crippen LogP contribution >= 0.6 is 23.2 Å². The number of nitrogens with zero attached hydrogens (tertiary/aromatic N) is 2. The molecule has 0 unspecified atom stereocenters. The van der Waals surface area contributed by atoms with Gasteiger partial charge in [-0.15, -0.1) is 0 Å². The van der Waals surface area contributed by atoms with Crippen LogP contribution in [-0.2, 0) is 0 Å². The van der Waals surface area contributed by atoms with Crippen LogP contribution in [0, 0.1) is 0 Å². The normalized spacial score (nSPS) is 12.3. The van der Waals surface area contributed by atoms with Gasteiger partial charge in [0.15, 0.2) is 0 Å². The monoisotopic (exact) mass is 348 g/mol. The van der Waals surface area contributed by atoms with E-state index in [1.807, 2.05) is 24.3 Å². The first kappa shape index (κ1) is 17.3. The predicted octanol–water partition coefficient (Wildman–Crippen LogP) is 4.73. The van der Waals surface area contributed by atoms with Crippen molar-refractivity contribution >= 4 is 40.6 Å². The lowest BCUT2D eigenvalue weighted by atomic mass is 10.1. The van der Waals surface area contributed by atoms with E-state index in [0.717, 1.165) is 24.1 Å². The van der Waals surface area contributed by atoms with Crippen LogP contribution in [0.3, 0.4) is 0 Å². The first-order valence-corrected chi connectivity index (χ1v) is 8.02. The fourth-order valence-corrected chi connectivity index (χ4v) is 2.20. The number of hydrogen-bond acceptors (Lipinski definition) is 2. The lowest BCUT2D eigenvalue weighted by Crippen LogP contribution is -2.28. The molecule has 0 spiro atoms. The lowest BCUT2D eigenvalue weighted by Gasteiger charge is -2.07. The molecule has 0 heterocycles. The van der Waals surface area contributed by atoms with Gasteiger partial charge in [0.05, 0.1) is 11.4 Å². The fraction of sp³-hybridized carbons (Fsp3) is 0.176. The molecule has 0 aliphatic rings. The minimum absolute atomic E-state index is 0.217. The molecule has 23 heavy (non-hydrogen) atoms. The quantitative estimate of drug-likeness (QED) is 0.465. The average Bonchev–Trinajstić information content (AvgIpc) is 2.54. The maximum absolute atomic E-state index is 5.92. The number of nitrogens with one attached hydrogen (secondary N) is 1. The number of halogens is 2. The third kappa shape index (κ3) is 5.58. The Labute approximate surface area is 146 Å². The van der Waals surface area contributed by atoms with E-state index in [0.29, 0.717) is 15.7 Å². The number of rotatable bonds is 5. The third-order valence-corrected chi connectivity index (χ3v) is 3.55. The Morgan fingerprint density at radius 3 is 2.13 bits per heavy atom. The van der Waals surface area contributed by atoms with E-state index in [4.69, 9.17) is 28.9 Å². The molecule has 0 fully saturated rings. The van der Waals surface area contributed by atoms with Gasteiger partial charge >= 0.3 is 0 Å². The van der Waals surface area contributed by atoms with Crippen molar-refractivity contribution in [2.24, 2.45) is 15.8 Å². The topological polar surface area (TPSA) is 62.8 Å². The highest BCUT2D eigenvalue weighted by molar-refractivity contribution is 6.31. The van der Waals surface area contributed by atoms with E-state index in [1.165, 1.54) is 0 Å². The third-order valence-electron chi connectivity index (χ3n) is 3.05. The van der Waals surface area contributed by atoms with Crippen LogP contribution in [0.25, 0.3) is 0 Å². The zero-order valence-corrected chi connectivity index (χ0v) is 14.3. The van der Waals surface area contributed by atoms with Gasteiger partial charge in [0.25, 0.3) is 0 Å². The molecule has 0 aliphatic heterocycles. The molecule has 4 nitrogen and oxygen atoms in total. The Kier molecular flexibility index (Phi) is 6.44. The number of guanidine groups is 1. The lowest BCUT2D eigenvalue weighted by molar-refractivity contribution is 0.943. The molecule has 2 aromatic carbocycles. The van der Waals surface area contributed by atoms with Gasteiger partial charge in [0.1, 0.15) is 0 Å². The van der Waals surface area contributed by atoms with Crippen molar-refractivity contribution in [1.82, 2.24) is 5.43 Å². The van der Waals surface area contributed by atoms with E-state index in [9.17, 15) is 0 Å². The van der Waals surface area contributed by atoms with Crippen LogP contribution < -0.4 is 11.2 Å². The van der Waals surface area contributed by atoms with Gasteiger partial charge in [0, 0.05) is 10.0 Å². The average molecular weight is 349 g/mol. The Morgan fingerprint density at radius 1 is 1.00 bits per heavy atom. The maximum atomic E-state index is 5.92. The summed E-state index contributed by atoms with van der Waals surface area (Å²) in [5.74, 6) is 0.217. The number of hydrogen-bond donors (Lipinski definition) is 2. The van der Waals surface area contributed by atoms with E-state index in [2.05, 4.69) is 22.4 Å². The van der Waals surface area contributed by atoms with Crippen molar-refractivity contribution in [3.63, 3.8) is 0 Å². The van der Waals surface area contributed by atoms with Gasteiger partial charge in [-0.2, -0.15) is 5.10 Å². The summed E-state index contributed by atoms with van der Waals surface area (Å²) in [6.07, 6.45) is 1.79. The molecule has 0 atom stereocenters. The molecule has 3 N–H and O–H groups in total. The number of nitrogens with two attached hydrogens (primary N) is 1. The van der Waals surface area contributed by atoms with Gasteiger partial charge < -0.3 is 5.73 Å². The summed E-state index contributed by atoms with van der Waals surface area (Å²) in [4.78, 5) is 4.24. The predicted molar refractivity (Wildman–Crippen MR) is 98.8 cm³/mol. The summed E-state index contributed by atoms with van der Waals surface area (Å²) in [7, 11) is 0. The van der Waals surface area contributed by atoms with Crippen LogP contribution in [0.1, 0.15) is 25.3 Å². The highest BCUT2D eigenvalue weighted by Crippen LogP contribution is 2.16. The van der Waals surface area contributed by atoms with Gasteiger partial charge in [-0.1, -0.05) is 48.7 Å². The molecule has 120 valence electrons. The summed E-state index contributed by atoms with van der Waals surface area (Å²) in [6, 6.07) is 14.6. The zero-order valence-electron chi connectivity index (χ0n) is 12.8. The SMILES string of the molecule is CCCC(=NNC(N)=Nc1ccc(Cl)cc1)c1ccc(Cl)cc1. The number of benzene rings is 2. The number of aliphatic imine (C=N–C) groups is 1. The summed E-state index contributed by atoms with van der Waals surface area (Å²) in [5, 5.41) is 5.72. The Hall–Kier alpha value is -2.04. The molecule has 2 aromatic rings. The Balaban J connectivity index is 2.13. The second-order valence-corrected chi connectivity index (χ2v) is 5.77. The van der Waals surface area contributed by atoms with E-state index in [1.54, 1.807) is 24.3 Å². The molecule has 2 rings (SSSR count). The maximum Gasteiger partial charge on any atom is 0.214 e. The van der Waals surface area contributed by atoms with Gasteiger partial charge in [-0.3, -0.25) is 0 Å². The van der Waals surface area contributed by atoms with Gasteiger partial charge in [-0.25, -0.2) is 10.4 Å². The molecule has 0 amide bonds. The summed E-state index contributed by atoms with van der Waals surface area (Å²) in [6.45, 7) is 2.09. The molecular weight excluding hydrogens is 331 g/mol. The number of hydrazone groups is 1. The van der Waals surface area contributed by atoms with Crippen LogP contribution in [0.15, 0.2) is 58.6 Å². The summed E-state index contributed by atoms with van der Waals surface area (Å²) >= 11 is 11.8. The molecular formula is C17H18Cl2N4. The van der Waals surface area contributed by atoms with Crippen molar-refractivity contribution < 1.29 is 0 Å². The highest BCUT2D eigenvalue weighted by atomic mass is 35.5. The van der Waals surface area contributed by atoms with E-state index >= 15 is 0 Å². The molecule has 0 aliphatic carbocycles. The first-order valence-electron chi connectivity index (χ1n) is 7.26. The van der Waals surface area contributed by atoms with Gasteiger partial charge in [0.2, 0.25) is 5.96 Å². The van der Waals surface area contributed by atoms with Crippen LogP contribution in [0.2, 0.25) is 10.0 Å². The standard InChI is InChI=1S/C17H18Cl2N4/c1-2-3-16(12-4-6-13(18)7-5-12)22-23-17(20)21-15-10-8-14(19)9-11-15/h4-11H,2-3H2,1H3,(H3,20,21,23). The largest absolute Gasteiger partial charge is 0.368 e.